The van der Waals surface area contributed by atoms with E-state index in [1.807, 2.05) is 24.3 Å². The second kappa shape index (κ2) is 4.76. The van der Waals surface area contributed by atoms with Gasteiger partial charge in [0.2, 0.25) is 0 Å². The Hall–Kier alpha value is -2.29. The molecular formula is C16H16N2O. The van der Waals surface area contributed by atoms with E-state index < -0.39 is 0 Å². The van der Waals surface area contributed by atoms with Gasteiger partial charge in [0.15, 0.2) is 0 Å². The molecule has 3 aromatic rings. The number of imidazole rings is 1. The third kappa shape index (κ3) is 2.32. The number of nitrogens with zero attached hydrogens (tertiary/aromatic N) is 1. The molecule has 0 saturated carbocycles. The number of rotatable bonds is 3. The Balaban J connectivity index is 1.96. The Kier molecular flexibility index (Phi) is 2.95. The minimum absolute atomic E-state index is 0.748. The highest BCUT2D eigenvalue weighted by atomic mass is 16.5. The van der Waals surface area contributed by atoms with Gasteiger partial charge in [-0.2, -0.15) is 0 Å². The highest BCUT2D eigenvalue weighted by molar-refractivity contribution is 5.75. The summed E-state index contributed by atoms with van der Waals surface area (Å²) in [6.45, 7) is 2.08. The standard InChI is InChI=1S/C16H16N2O/c1-11-7-8-13-14(9-11)18-16(17-13)10-12-5-3-4-6-15(12)19-2/h3-9H,10H2,1-2H3,(H,17,18). The molecule has 0 aliphatic carbocycles. The lowest BCUT2D eigenvalue weighted by atomic mass is 10.1. The summed E-state index contributed by atoms with van der Waals surface area (Å²) in [5.41, 5.74) is 4.47. The molecule has 0 fully saturated rings. The van der Waals surface area contributed by atoms with Crippen LogP contribution in [-0.4, -0.2) is 17.1 Å². The molecule has 3 heteroatoms. The molecule has 3 nitrogen and oxygen atoms in total. The van der Waals surface area contributed by atoms with Gasteiger partial charge >= 0.3 is 0 Å². The molecular weight excluding hydrogens is 236 g/mol. The van der Waals surface area contributed by atoms with Crippen LogP contribution < -0.4 is 4.74 Å². The van der Waals surface area contributed by atoms with E-state index in [1.165, 1.54) is 5.56 Å². The second-order valence-electron chi connectivity index (χ2n) is 4.69. The van der Waals surface area contributed by atoms with Gasteiger partial charge in [-0.1, -0.05) is 24.3 Å². The highest BCUT2D eigenvalue weighted by Crippen LogP contribution is 2.21. The van der Waals surface area contributed by atoms with Crippen molar-refractivity contribution in [3.05, 3.63) is 59.4 Å². The molecule has 1 heterocycles. The molecule has 0 aliphatic rings. The molecule has 2 aromatic carbocycles. The summed E-state index contributed by atoms with van der Waals surface area (Å²) >= 11 is 0. The lowest BCUT2D eigenvalue weighted by Crippen LogP contribution is -1.94. The molecule has 0 bridgehead atoms. The topological polar surface area (TPSA) is 37.9 Å². The van der Waals surface area contributed by atoms with Gasteiger partial charge in [-0.3, -0.25) is 0 Å². The number of aromatic amines is 1. The number of aryl methyl sites for hydroxylation is 1. The van der Waals surface area contributed by atoms with Crippen LogP contribution in [0.5, 0.6) is 5.75 Å². The van der Waals surface area contributed by atoms with Gasteiger partial charge in [-0.15, -0.1) is 0 Å². The number of benzene rings is 2. The quantitative estimate of drug-likeness (QED) is 0.775. The SMILES string of the molecule is COc1ccccc1Cc1nc2ccc(C)cc2[nH]1. The van der Waals surface area contributed by atoms with E-state index in [2.05, 4.69) is 35.1 Å². The van der Waals surface area contributed by atoms with Gasteiger partial charge in [0, 0.05) is 12.0 Å². The van der Waals surface area contributed by atoms with Gasteiger partial charge in [-0.25, -0.2) is 4.98 Å². The van der Waals surface area contributed by atoms with Crippen LogP contribution in [0, 0.1) is 6.92 Å². The van der Waals surface area contributed by atoms with Crippen molar-refractivity contribution in [1.29, 1.82) is 0 Å². The number of nitrogens with one attached hydrogen (secondary N) is 1. The molecule has 96 valence electrons. The zero-order valence-corrected chi connectivity index (χ0v) is 11.1. The van der Waals surface area contributed by atoms with Crippen molar-refractivity contribution in [3.63, 3.8) is 0 Å². The number of hydrogen-bond donors (Lipinski definition) is 1. The number of aromatic nitrogens is 2. The molecule has 3 rings (SSSR count). The van der Waals surface area contributed by atoms with Crippen molar-refractivity contribution in [2.45, 2.75) is 13.3 Å². The fourth-order valence-corrected chi connectivity index (χ4v) is 2.29. The first kappa shape index (κ1) is 11.8. The smallest absolute Gasteiger partial charge is 0.122 e. The maximum absolute atomic E-state index is 5.37. The summed E-state index contributed by atoms with van der Waals surface area (Å²) < 4.78 is 5.37. The fraction of sp³-hybridized carbons (Fsp3) is 0.188. The summed E-state index contributed by atoms with van der Waals surface area (Å²) in [6, 6.07) is 14.3. The van der Waals surface area contributed by atoms with Crippen LogP contribution >= 0.6 is 0 Å². The molecule has 0 saturated heterocycles. The van der Waals surface area contributed by atoms with Crippen LogP contribution in [0.4, 0.5) is 0 Å². The van der Waals surface area contributed by atoms with E-state index >= 15 is 0 Å². The van der Waals surface area contributed by atoms with Crippen LogP contribution in [0.1, 0.15) is 17.0 Å². The second-order valence-corrected chi connectivity index (χ2v) is 4.69. The lowest BCUT2D eigenvalue weighted by molar-refractivity contribution is 0.410. The average Bonchev–Trinajstić information content (AvgIpc) is 2.80. The molecule has 1 aromatic heterocycles. The Bertz CT molecular complexity index is 716. The van der Waals surface area contributed by atoms with Crippen molar-refractivity contribution in [1.82, 2.24) is 9.97 Å². The third-order valence-electron chi connectivity index (χ3n) is 3.24. The maximum atomic E-state index is 5.37. The molecule has 1 N–H and O–H groups in total. The average molecular weight is 252 g/mol. The molecule has 0 spiro atoms. The van der Waals surface area contributed by atoms with Gasteiger partial charge in [0.05, 0.1) is 18.1 Å². The Morgan fingerprint density at radius 3 is 2.84 bits per heavy atom. The van der Waals surface area contributed by atoms with Crippen molar-refractivity contribution < 1.29 is 4.74 Å². The van der Waals surface area contributed by atoms with Crippen LogP contribution in [-0.2, 0) is 6.42 Å². The Morgan fingerprint density at radius 2 is 2.00 bits per heavy atom. The zero-order valence-electron chi connectivity index (χ0n) is 11.1. The van der Waals surface area contributed by atoms with Crippen LogP contribution in [0.25, 0.3) is 11.0 Å². The van der Waals surface area contributed by atoms with Crippen molar-refractivity contribution in [2.24, 2.45) is 0 Å². The number of H-pyrrole nitrogens is 1. The third-order valence-corrected chi connectivity index (χ3v) is 3.24. The van der Waals surface area contributed by atoms with E-state index in [4.69, 9.17) is 4.74 Å². The summed E-state index contributed by atoms with van der Waals surface area (Å²) in [7, 11) is 1.70. The van der Waals surface area contributed by atoms with Crippen LogP contribution in [0.15, 0.2) is 42.5 Å². The number of fused-ring (bicyclic) bond motifs is 1. The molecule has 0 radical (unpaired) electrons. The number of hydrogen-bond acceptors (Lipinski definition) is 2. The summed E-state index contributed by atoms with van der Waals surface area (Å²) in [5.74, 6) is 1.87. The number of methoxy groups -OCH3 is 1. The zero-order chi connectivity index (χ0) is 13.2. The van der Waals surface area contributed by atoms with Gasteiger partial charge in [-0.05, 0) is 30.7 Å². The van der Waals surface area contributed by atoms with Gasteiger partial charge < -0.3 is 9.72 Å². The first-order valence-electron chi connectivity index (χ1n) is 6.33. The number of para-hydroxylation sites is 1. The largest absolute Gasteiger partial charge is 0.496 e. The molecule has 0 atom stereocenters. The molecule has 19 heavy (non-hydrogen) atoms. The lowest BCUT2D eigenvalue weighted by Gasteiger charge is -2.05. The first-order chi connectivity index (χ1) is 9.26. The van der Waals surface area contributed by atoms with E-state index in [0.717, 1.165) is 34.6 Å². The van der Waals surface area contributed by atoms with Crippen molar-refractivity contribution in [3.8, 4) is 5.75 Å². The van der Waals surface area contributed by atoms with Crippen molar-refractivity contribution >= 4 is 11.0 Å². The minimum Gasteiger partial charge on any atom is -0.496 e. The number of ether oxygens (including phenoxy) is 1. The summed E-state index contributed by atoms with van der Waals surface area (Å²) in [5, 5.41) is 0. The fourth-order valence-electron chi connectivity index (χ4n) is 2.29. The van der Waals surface area contributed by atoms with E-state index in [1.54, 1.807) is 7.11 Å². The Morgan fingerprint density at radius 1 is 1.16 bits per heavy atom. The molecule has 0 aliphatic heterocycles. The van der Waals surface area contributed by atoms with Crippen LogP contribution in [0.2, 0.25) is 0 Å². The summed E-state index contributed by atoms with van der Waals surface area (Å²) in [4.78, 5) is 7.98. The normalized spacial score (nSPS) is 10.8. The van der Waals surface area contributed by atoms with E-state index in [-0.39, 0.29) is 0 Å². The molecule has 0 unspecified atom stereocenters. The Labute approximate surface area is 112 Å². The minimum atomic E-state index is 0.748. The first-order valence-corrected chi connectivity index (χ1v) is 6.33. The van der Waals surface area contributed by atoms with Crippen LogP contribution in [0.3, 0.4) is 0 Å². The van der Waals surface area contributed by atoms with E-state index in [0.29, 0.717) is 0 Å². The monoisotopic (exact) mass is 252 g/mol. The van der Waals surface area contributed by atoms with Gasteiger partial charge in [0.25, 0.3) is 0 Å². The maximum Gasteiger partial charge on any atom is 0.122 e. The summed E-state index contributed by atoms with van der Waals surface area (Å²) in [6.07, 6.45) is 0.748. The predicted octanol–water partition coefficient (Wildman–Crippen LogP) is 3.47. The van der Waals surface area contributed by atoms with E-state index in [9.17, 15) is 0 Å². The van der Waals surface area contributed by atoms with Gasteiger partial charge in [0.1, 0.15) is 11.6 Å². The highest BCUT2D eigenvalue weighted by Gasteiger charge is 2.07. The van der Waals surface area contributed by atoms with Crippen molar-refractivity contribution in [2.75, 3.05) is 7.11 Å². The molecule has 0 amide bonds. The predicted molar refractivity (Wildman–Crippen MR) is 76.6 cm³/mol.